The zero-order chi connectivity index (χ0) is 8.91. The summed E-state index contributed by atoms with van der Waals surface area (Å²) in [4.78, 5) is 0. The first-order chi connectivity index (χ1) is 5.08. The van der Waals surface area contributed by atoms with Gasteiger partial charge in [0.2, 0.25) is 0 Å². The van der Waals surface area contributed by atoms with E-state index in [1.807, 2.05) is 0 Å². The van der Waals surface area contributed by atoms with Gasteiger partial charge in [-0.3, -0.25) is 0 Å². The lowest BCUT2D eigenvalue weighted by Gasteiger charge is -2.19. The van der Waals surface area contributed by atoms with Crippen LogP contribution in [0.3, 0.4) is 0 Å². The summed E-state index contributed by atoms with van der Waals surface area (Å²) in [6.07, 6.45) is 5.76. The van der Waals surface area contributed by atoms with Crippen LogP contribution in [0.25, 0.3) is 0 Å². The van der Waals surface area contributed by atoms with Crippen molar-refractivity contribution in [3.05, 3.63) is 0 Å². The number of rotatable bonds is 5. The van der Waals surface area contributed by atoms with Gasteiger partial charge in [-0.25, -0.2) is 0 Å². The minimum atomic E-state index is -0.928. The Labute approximate surface area is 70.5 Å². The fourth-order valence-electron chi connectivity index (χ4n) is 0.662. The maximum absolute atomic E-state index is 5.62. The molecular formula is C8H18O2P+. The summed E-state index contributed by atoms with van der Waals surface area (Å²) in [5.41, 5.74) is -0.0521. The molecular weight excluding hydrogens is 159 g/mol. The fourth-order valence-corrected chi connectivity index (χ4v) is 1.49. The van der Waals surface area contributed by atoms with Gasteiger partial charge < -0.3 is 0 Å². The SMILES string of the molecule is C=[P+](OC)OC(C)(CC)CC. The molecule has 0 fully saturated rings. The Hall–Kier alpha value is 0.0900. The molecule has 1 atom stereocenters. The van der Waals surface area contributed by atoms with Crippen molar-refractivity contribution < 1.29 is 9.05 Å². The summed E-state index contributed by atoms with van der Waals surface area (Å²) in [6, 6.07) is 0. The van der Waals surface area contributed by atoms with Crippen LogP contribution in [0.4, 0.5) is 0 Å². The summed E-state index contributed by atoms with van der Waals surface area (Å²) in [5, 5.41) is 0. The van der Waals surface area contributed by atoms with Crippen LogP contribution in [0.15, 0.2) is 0 Å². The number of hydrogen-bond donors (Lipinski definition) is 0. The summed E-state index contributed by atoms with van der Waals surface area (Å²) >= 11 is 0. The molecule has 0 aromatic rings. The molecule has 0 aliphatic rings. The molecule has 0 saturated heterocycles. The molecule has 2 nitrogen and oxygen atoms in total. The Morgan fingerprint density at radius 2 is 1.82 bits per heavy atom. The smallest absolute Gasteiger partial charge is 0.156 e. The van der Waals surface area contributed by atoms with Gasteiger partial charge in [0.1, 0.15) is 11.9 Å². The predicted molar refractivity (Wildman–Crippen MR) is 51.1 cm³/mol. The van der Waals surface area contributed by atoms with Gasteiger partial charge in [-0.15, -0.1) is 4.52 Å². The lowest BCUT2D eigenvalue weighted by molar-refractivity contribution is 0.0843. The molecule has 0 radical (unpaired) electrons. The van der Waals surface area contributed by atoms with E-state index in [4.69, 9.17) is 9.05 Å². The van der Waals surface area contributed by atoms with Crippen LogP contribution in [-0.2, 0) is 9.05 Å². The molecule has 0 aromatic heterocycles. The first-order valence-electron chi connectivity index (χ1n) is 3.92. The molecule has 0 amide bonds. The minimum Gasteiger partial charge on any atom is -0.156 e. The van der Waals surface area contributed by atoms with E-state index in [-0.39, 0.29) is 5.60 Å². The maximum atomic E-state index is 5.62. The Morgan fingerprint density at radius 3 is 2.09 bits per heavy atom. The molecule has 0 N–H and O–H groups in total. The van der Waals surface area contributed by atoms with Crippen molar-refractivity contribution in [2.45, 2.75) is 39.2 Å². The largest absolute Gasteiger partial charge is 0.423 e. The highest BCUT2D eigenvalue weighted by atomic mass is 31.1. The van der Waals surface area contributed by atoms with Crippen molar-refractivity contribution in [1.82, 2.24) is 0 Å². The average molecular weight is 177 g/mol. The van der Waals surface area contributed by atoms with Gasteiger partial charge >= 0.3 is 8.00 Å². The van der Waals surface area contributed by atoms with Crippen molar-refractivity contribution in [3.63, 3.8) is 0 Å². The van der Waals surface area contributed by atoms with Crippen LogP contribution in [0.5, 0.6) is 0 Å². The van der Waals surface area contributed by atoms with E-state index >= 15 is 0 Å². The first-order valence-corrected chi connectivity index (χ1v) is 5.28. The first kappa shape index (κ1) is 11.1. The highest BCUT2D eigenvalue weighted by Gasteiger charge is 2.28. The molecule has 0 aliphatic heterocycles. The average Bonchev–Trinajstić information content (AvgIpc) is 2.04. The Kier molecular flexibility index (Phi) is 4.91. The van der Waals surface area contributed by atoms with Crippen LogP contribution in [0, 0.1) is 0 Å². The van der Waals surface area contributed by atoms with Crippen LogP contribution < -0.4 is 0 Å². The third-order valence-electron chi connectivity index (χ3n) is 2.02. The molecule has 11 heavy (non-hydrogen) atoms. The fraction of sp³-hybridized carbons (Fsp3) is 0.875. The highest BCUT2D eigenvalue weighted by molar-refractivity contribution is 7.45. The summed E-state index contributed by atoms with van der Waals surface area (Å²) < 4.78 is 10.6. The Morgan fingerprint density at radius 1 is 1.36 bits per heavy atom. The second kappa shape index (κ2) is 4.87. The van der Waals surface area contributed by atoms with E-state index in [2.05, 4.69) is 27.1 Å². The normalized spacial score (nSPS) is 13.3. The quantitative estimate of drug-likeness (QED) is 0.601. The van der Waals surface area contributed by atoms with E-state index in [9.17, 15) is 0 Å². The lowest BCUT2D eigenvalue weighted by Crippen LogP contribution is -2.23. The van der Waals surface area contributed by atoms with Gasteiger partial charge in [0, 0.05) is 0 Å². The van der Waals surface area contributed by atoms with Crippen molar-refractivity contribution >= 4 is 14.3 Å². The van der Waals surface area contributed by atoms with Crippen LogP contribution in [0.1, 0.15) is 33.6 Å². The van der Waals surface area contributed by atoms with Gasteiger partial charge in [0.05, 0.1) is 7.11 Å². The van der Waals surface area contributed by atoms with E-state index in [0.29, 0.717) is 0 Å². The van der Waals surface area contributed by atoms with E-state index < -0.39 is 8.00 Å². The summed E-state index contributed by atoms with van der Waals surface area (Å²) in [7, 11) is 0.701. The predicted octanol–water partition coefficient (Wildman–Crippen LogP) is 2.97. The standard InChI is InChI=1S/C8H18O2P/c1-6-8(3,7-2)10-11(5)9-4/h5-7H2,1-4H3/q+1. The molecule has 0 aliphatic carbocycles. The third kappa shape index (κ3) is 3.85. The van der Waals surface area contributed by atoms with E-state index in [1.54, 1.807) is 7.11 Å². The van der Waals surface area contributed by atoms with Crippen molar-refractivity contribution in [2.75, 3.05) is 7.11 Å². The third-order valence-corrected chi connectivity index (χ3v) is 3.07. The second-order valence-corrected chi connectivity index (χ2v) is 3.98. The monoisotopic (exact) mass is 177 g/mol. The molecule has 1 unspecified atom stereocenters. The molecule has 3 heteroatoms. The molecule has 0 aromatic carbocycles. The molecule has 0 heterocycles. The molecule has 0 spiro atoms. The summed E-state index contributed by atoms with van der Waals surface area (Å²) in [5.74, 6) is 0. The van der Waals surface area contributed by atoms with E-state index in [1.165, 1.54) is 0 Å². The summed E-state index contributed by atoms with van der Waals surface area (Å²) in [6.45, 7) is 6.32. The number of hydrogen-bond acceptors (Lipinski definition) is 2. The molecule has 0 saturated carbocycles. The van der Waals surface area contributed by atoms with Crippen molar-refractivity contribution in [2.24, 2.45) is 0 Å². The minimum absolute atomic E-state index is 0.0521. The van der Waals surface area contributed by atoms with Gasteiger partial charge in [-0.05, 0) is 19.8 Å². The van der Waals surface area contributed by atoms with Gasteiger partial charge in [0.15, 0.2) is 0 Å². The van der Waals surface area contributed by atoms with Crippen LogP contribution in [-0.4, -0.2) is 19.0 Å². The highest BCUT2D eigenvalue weighted by Crippen LogP contribution is 2.33. The topological polar surface area (TPSA) is 18.5 Å². The van der Waals surface area contributed by atoms with E-state index in [0.717, 1.165) is 12.8 Å². The van der Waals surface area contributed by atoms with Gasteiger partial charge in [-0.2, -0.15) is 4.52 Å². The Balaban J connectivity index is 3.96. The Bertz CT molecular complexity index is 130. The van der Waals surface area contributed by atoms with Crippen LogP contribution >= 0.6 is 8.00 Å². The zero-order valence-electron chi connectivity index (χ0n) is 7.89. The lowest BCUT2D eigenvalue weighted by atomic mass is 10.0. The zero-order valence-corrected chi connectivity index (χ0v) is 8.78. The molecule has 0 bridgehead atoms. The van der Waals surface area contributed by atoms with Gasteiger partial charge in [-0.1, -0.05) is 13.8 Å². The molecule has 66 valence electrons. The van der Waals surface area contributed by atoms with Crippen molar-refractivity contribution in [1.29, 1.82) is 0 Å². The van der Waals surface area contributed by atoms with Crippen molar-refractivity contribution in [3.8, 4) is 0 Å². The maximum Gasteiger partial charge on any atom is 0.423 e. The van der Waals surface area contributed by atoms with Gasteiger partial charge in [0.25, 0.3) is 0 Å². The second-order valence-electron chi connectivity index (χ2n) is 2.76. The van der Waals surface area contributed by atoms with Crippen LogP contribution in [0.2, 0.25) is 0 Å². The molecule has 0 rings (SSSR count).